The lowest BCUT2D eigenvalue weighted by Crippen LogP contribution is -2.54. The van der Waals surface area contributed by atoms with E-state index in [9.17, 15) is 29.1 Å². The Bertz CT molecular complexity index is 1320. The van der Waals surface area contributed by atoms with E-state index in [1.165, 1.54) is 0 Å². The molecule has 0 spiro atoms. The number of carbonyl (C=O) groups excluding carboxylic acids is 4. The van der Waals surface area contributed by atoms with Crippen LogP contribution >= 0.6 is 0 Å². The topological polar surface area (TPSA) is 209 Å². The first-order valence-electron chi connectivity index (χ1n) is 12.4. The maximum Gasteiger partial charge on any atom is 0.326 e. The van der Waals surface area contributed by atoms with Gasteiger partial charge in [0.2, 0.25) is 23.6 Å². The van der Waals surface area contributed by atoms with Gasteiger partial charge in [0.1, 0.15) is 12.1 Å². The van der Waals surface area contributed by atoms with Crippen LogP contribution in [-0.4, -0.2) is 64.4 Å². The summed E-state index contributed by atoms with van der Waals surface area (Å²) >= 11 is 0. The molecule has 1 heterocycles. The molecule has 12 nitrogen and oxygen atoms in total. The predicted octanol–water partition coefficient (Wildman–Crippen LogP) is -0.284. The number of nitrogens with one attached hydrogen (secondary N) is 4. The maximum absolute atomic E-state index is 13.3. The number of nitrogens with two attached hydrogens (primary N) is 2. The van der Waals surface area contributed by atoms with E-state index < -0.39 is 54.3 Å². The number of rotatable bonds is 14. The van der Waals surface area contributed by atoms with Crippen molar-refractivity contribution in [1.82, 2.24) is 20.9 Å². The maximum atomic E-state index is 13.3. The Balaban J connectivity index is 1.71. The second kappa shape index (κ2) is 13.7. The summed E-state index contributed by atoms with van der Waals surface area (Å²) in [6.07, 6.45) is 1.77. The van der Waals surface area contributed by atoms with Gasteiger partial charge in [-0.25, -0.2) is 4.79 Å². The highest BCUT2D eigenvalue weighted by Crippen LogP contribution is 2.19. The average molecular weight is 537 g/mol. The molecule has 0 aliphatic rings. The lowest BCUT2D eigenvalue weighted by molar-refractivity contribution is -0.142. The van der Waals surface area contributed by atoms with Crippen LogP contribution in [0, 0.1) is 0 Å². The Morgan fingerprint density at radius 1 is 0.872 bits per heavy atom. The van der Waals surface area contributed by atoms with Crippen LogP contribution in [0.5, 0.6) is 0 Å². The van der Waals surface area contributed by atoms with Crippen LogP contribution in [-0.2, 0) is 36.8 Å². The highest BCUT2D eigenvalue weighted by atomic mass is 16.4. The van der Waals surface area contributed by atoms with E-state index in [4.69, 9.17) is 11.5 Å². The number of fused-ring (bicyclic) bond motifs is 1. The molecule has 12 heteroatoms. The average Bonchev–Trinajstić information content (AvgIpc) is 3.32. The number of aliphatic carboxylic acids is 1. The van der Waals surface area contributed by atoms with Crippen molar-refractivity contribution in [1.29, 1.82) is 0 Å². The molecule has 0 aliphatic carbocycles. The molecule has 0 bridgehead atoms. The fourth-order valence-electron chi connectivity index (χ4n) is 4.02. The van der Waals surface area contributed by atoms with E-state index in [0.29, 0.717) is 0 Å². The number of H-pyrrole nitrogens is 1. The molecule has 206 valence electrons. The normalized spacial score (nSPS) is 13.2. The molecule has 0 fully saturated rings. The van der Waals surface area contributed by atoms with Gasteiger partial charge in [-0.3, -0.25) is 19.2 Å². The van der Waals surface area contributed by atoms with Crippen LogP contribution in [0.15, 0.2) is 60.8 Å². The third-order valence-electron chi connectivity index (χ3n) is 6.11. The zero-order valence-corrected chi connectivity index (χ0v) is 21.2. The number of para-hydroxylation sites is 1. The van der Waals surface area contributed by atoms with E-state index in [1.54, 1.807) is 36.5 Å². The quantitative estimate of drug-likeness (QED) is 0.146. The van der Waals surface area contributed by atoms with Crippen LogP contribution in [0.3, 0.4) is 0 Å². The number of carbonyl (C=O) groups is 5. The molecular weight excluding hydrogens is 504 g/mol. The van der Waals surface area contributed by atoms with Gasteiger partial charge in [0.05, 0.1) is 12.6 Å². The summed E-state index contributed by atoms with van der Waals surface area (Å²) in [5, 5.41) is 18.1. The van der Waals surface area contributed by atoms with Crippen LogP contribution in [0.1, 0.15) is 24.0 Å². The van der Waals surface area contributed by atoms with Gasteiger partial charge in [-0.2, -0.15) is 0 Å². The first-order valence-corrected chi connectivity index (χ1v) is 12.4. The molecule has 0 saturated carbocycles. The second-order valence-electron chi connectivity index (χ2n) is 9.10. The van der Waals surface area contributed by atoms with Crippen molar-refractivity contribution < 1.29 is 29.1 Å². The highest BCUT2D eigenvalue weighted by molar-refractivity contribution is 5.93. The van der Waals surface area contributed by atoms with E-state index in [0.717, 1.165) is 22.0 Å². The van der Waals surface area contributed by atoms with Gasteiger partial charge in [-0.05, 0) is 23.6 Å². The molecule has 3 aromatic rings. The third-order valence-corrected chi connectivity index (χ3v) is 6.11. The van der Waals surface area contributed by atoms with Gasteiger partial charge in [0.15, 0.2) is 0 Å². The summed E-state index contributed by atoms with van der Waals surface area (Å²) in [6.45, 7) is -0.479. The molecule has 0 aliphatic heterocycles. The molecule has 2 aromatic carbocycles. The Morgan fingerprint density at radius 2 is 1.56 bits per heavy atom. The molecule has 3 rings (SSSR count). The van der Waals surface area contributed by atoms with E-state index >= 15 is 0 Å². The van der Waals surface area contributed by atoms with Crippen molar-refractivity contribution in [3.8, 4) is 0 Å². The van der Waals surface area contributed by atoms with Crippen molar-refractivity contribution in [2.45, 2.75) is 43.8 Å². The van der Waals surface area contributed by atoms with Crippen molar-refractivity contribution in [3.05, 3.63) is 71.9 Å². The lowest BCUT2D eigenvalue weighted by Gasteiger charge is -2.22. The predicted molar refractivity (Wildman–Crippen MR) is 143 cm³/mol. The van der Waals surface area contributed by atoms with Gasteiger partial charge in [0, 0.05) is 36.4 Å². The number of hydrogen-bond donors (Lipinski definition) is 7. The first-order chi connectivity index (χ1) is 18.6. The minimum absolute atomic E-state index is 0.0202. The molecule has 3 atom stereocenters. The van der Waals surface area contributed by atoms with Crippen molar-refractivity contribution in [3.63, 3.8) is 0 Å². The summed E-state index contributed by atoms with van der Waals surface area (Å²) in [5.74, 6) is -3.85. The van der Waals surface area contributed by atoms with Crippen molar-refractivity contribution in [2.75, 3.05) is 6.54 Å². The molecule has 39 heavy (non-hydrogen) atoms. The largest absolute Gasteiger partial charge is 0.480 e. The number of aromatic nitrogens is 1. The standard InChI is InChI=1S/C27H32N6O6/c28-19(10-11-23(29)34)25(36)31-15-24(35)32-21(13-17-14-30-20-9-5-4-8-18(17)20)26(37)33-22(27(38)39)12-16-6-2-1-3-7-16/h1-9,14,19,21-22,30H,10-13,15,28H2,(H2,29,34)(H,31,36)(H,32,35)(H,33,37)(H,38,39). The Hall–Kier alpha value is -4.71. The molecule has 1 aromatic heterocycles. The SMILES string of the molecule is NC(=O)CCC(N)C(=O)NCC(=O)NC(Cc1c[nH]c2ccccc12)C(=O)NC(Cc1ccccc1)C(=O)O. The van der Waals surface area contributed by atoms with E-state index in [-0.39, 0.29) is 25.7 Å². The number of hydrogen-bond acceptors (Lipinski definition) is 6. The molecule has 4 amide bonds. The smallest absolute Gasteiger partial charge is 0.326 e. The summed E-state index contributed by atoms with van der Waals surface area (Å²) < 4.78 is 0. The lowest BCUT2D eigenvalue weighted by atomic mass is 10.0. The van der Waals surface area contributed by atoms with Crippen molar-refractivity contribution >= 4 is 40.5 Å². The molecule has 0 radical (unpaired) electrons. The number of carboxylic acid groups (broad SMARTS) is 1. The Kier molecular flexibility index (Phi) is 10.2. The van der Waals surface area contributed by atoms with Crippen LogP contribution in [0.25, 0.3) is 10.9 Å². The van der Waals surface area contributed by atoms with E-state index in [1.807, 2.05) is 24.3 Å². The van der Waals surface area contributed by atoms with Crippen LogP contribution < -0.4 is 27.4 Å². The number of carboxylic acids is 1. The second-order valence-corrected chi connectivity index (χ2v) is 9.10. The van der Waals surface area contributed by atoms with Crippen LogP contribution in [0.4, 0.5) is 0 Å². The highest BCUT2D eigenvalue weighted by Gasteiger charge is 2.28. The first kappa shape index (κ1) is 28.9. The Morgan fingerprint density at radius 3 is 2.26 bits per heavy atom. The fraction of sp³-hybridized carbons (Fsp3) is 0.296. The summed E-state index contributed by atoms with van der Waals surface area (Å²) in [6, 6.07) is 12.9. The van der Waals surface area contributed by atoms with Crippen LogP contribution in [0.2, 0.25) is 0 Å². The fourth-order valence-corrected chi connectivity index (χ4v) is 4.02. The monoisotopic (exact) mass is 536 g/mol. The minimum atomic E-state index is -1.23. The zero-order valence-electron chi connectivity index (χ0n) is 21.2. The Labute approximate surface area is 224 Å². The van der Waals surface area contributed by atoms with Crippen molar-refractivity contribution in [2.24, 2.45) is 11.5 Å². The van der Waals surface area contributed by atoms with E-state index in [2.05, 4.69) is 20.9 Å². The molecule has 0 saturated heterocycles. The summed E-state index contributed by atoms with van der Waals surface area (Å²) in [7, 11) is 0. The minimum Gasteiger partial charge on any atom is -0.480 e. The van der Waals surface area contributed by atoms with Gasteiger partial charge < -0.3 is 37.5 Å². The molecule has 9 N–H and O–H groups in total. The molecule has 3 unspecified atom stereocenters. The number of primary amides is 1. The summed E-state index contributed by atoms with van der Waals surface area (Å²) in [4.78, 5) is 64.1. The zero-order chi connectivity index (χ0) is 28.4. The number of aromatic amines is 1. The summed E-state index contributed by atoms with van der Waals surface area (Å²) in [5.41, 5.74) is 13.1. The third kappa shape index (κ3) is 8.68. The van der Waals surface area contributed by atoms with Gasteiger partial charge in [-0.1, -0.05) is 48.5 Å². The molecular formula is C27H32N6O6. The van der Waals surface area contributed by atoms with Gasteiger partial charge in [0.25, 0.3) is 0 Å². The van der Waals surface area contributed by atoms with Gasteiger partial charge >= 0.3 is 5.97 Å². The van der Waals surface area contributed by atoms with Gasteiger partial charge in [-0.15, -0.1) is 0 Å². The number of benzene rings is 2. The number of amides is 4.